The fourth-order valence-corrected chi connectivity index (χ4v) is 3.95. The highest BCUT2D eigenvalue weighted by molar-refractivity contribution is 6.00. The molecule has 1 heteroatoms. The SMILES string of the molecule is C[C@H]1[C@H](C(=O)c2ccccc2)C12CCCCC2. The zero-order chi connectivity index (χ0) is 11.9. The molecular formula is C16H20O. The van der Waals surface area contributed by atoms with Crippen LogP contribution in [0, 0.1) is 17.3 Å². The lowest BCUT2D eigenvalue weighted by atomic mass is 9.82. The Morgan fingerprint density at radius 2 is 1.76 bits per heavy atom. The topological polar surface area (TPSA) is 17.1 Å². The minimum Gasteiger partial charge on any atom is -0.294 e. The molecule has 0 aliphatic heterocycles. The fraction of sp³-hybridized carbons (Fsp3) is 0.562. The van der Waals surface area contributed by atoms with Crippen molar-refractivity contribution in [2.75, 3.05) is 0 Å². The van der Waals surface area contributed by atoms with Gasteiger partial charge in [0.2, 0.25) is 0 Å². The van der Waals surface area contributed by atoms with Crippen LogP contribution in [0.15, 0.2) is 30.3 Å². The second-order valence-corrected chi connectivity index (χ2v) is 5.79. The van der Waals surface area contributed by atoms with E-state index in [1.165, 1.54) is 32.1 Å². The fourth-order valence-electron chi connectivity index (χ4n) is 3.95. The minimum atomic E-state index is 0.310. The lowest BCUT2D eigenvalue weighted by Gasteiger charge is -2.22. The summed E-state index contributed by atoms with van der Waals surface area (Å²) >= 11 is 0. The van der Waals surface area contributed by atoms with E-state index < -0.39 is 0 Å². The van der Waals surface area contributed by atoms with Crippen molar-refractivity contribution in [2.45, 2.75) is 39.0 Å². The van der Waals surface area contributed by atoms with Crippen LogP contribution in [0.4, 0.5) is 0 Å². The summed E-state index contributed by atoms with van der Waals surface area (Å²) in [6.45, 7) is 2.27. The number of Topliss-reactive ketones (excluding diaryl/α,β-unsaturated/α-hetero) is 1. The molecular weight excluding hydrogens is 208 g/mol. The predicted molar refractivity (Wildman–Crippen MR) is 68.9 cm³/mol. The maximum absolute atomic E-state index is 12.5. The molecule has 0 bridgehead atoms. The Labute approximate surface area is 103 Å². The third-order valence-electron chi connectivity index (χ3n) is 5.04. The molecule has 1 spiro atoms. The summed E-state index contributed by atoms with van der Waals surface area (Å²) < 4.78 is 0. The van der Waals surface area contributed by atoms with Crippen LogP contribution in [0.3, 0.4) is 0 Å². The number of ketones is 1. The average molecular weight is 228 g/mol. The molecule has 3 rings (SSSR count). The molecule has 90 valence electrons. The van der Waals surface area contributed by atoms with Crippen molar-refractivity contribution >= 4 is 5.78 Å². The molecule has 1 aromatic carbocycles. The van der Waals surface area contributed by atoms with E-state index in [0.717, 1.165) is 5.56 Å². The first kappa shape index (κ1) is 11.0. The molecule has 1 aromatic rings. The molecule has 0 heterocycles. The van der Waals surface area contributed by atoms with Gasteiger partial charge in [0.15, 0.2) is 5.78 Å². The number of carbonyl (C=O) groups is 1. The molecule has 0 N–H and O–H groups in total. The zero-order valence-corrected chi connectivity index (χ0v) is 10.5. The standard InChI is InChI=1S/C16H20O/c1-12-14(16(12)10-6-3-7-11-16)15(17)13-8-4-2-5-9-13/h2,4-5,8-9,12,14H,3,6-7,10-11H2,1H3/t12-,14+/m0/s1. The largest absolute Gasteiger partial charge is 0.294 e. The zero-order valence-electron chi connectivity index (χ0n) is 10.5. The monoisotopic (exact) mass is 228 g/mol. The summed E-state index contributed by atoms with van der Waals surface area (Å²) in [6.07, 6.45) is 6.56. The Hall–Kier alpha value is -1.11. The van der Waals surface area contributed by atoms with Gasteiger partial charge in [-0.2, -0.15) is 0 Å². The van der Waals surface area contributed by atoms with Gasteiger partial charge in [-0.25, -0.2) is 0 Å². The van der Waals surface area contributed by atoms with E-state index in [-0.39, 0.29) is 0 Å². The van der Waals surface area contributed by atoms with E-state index >= 15 is 0 Å². The van der Waals surface area contributed by atoms with Gasteiger partial charge in [-0.1, -0.05) is 56.5 Å². The van der Waals surface area contributed by atoms with Crippen LogP contribution in [-0.2, 0) is 0 Å². The van der Waals surface area contributed by atoms with Crippen LogP contribution in [0.1, 0.15) is 49.4 Å². The van der Waals surface area contributed by atoms with E-state index in [9.17, 15) is 4.79 Å². The van der Waals surface area contributed by atoms with Crippen LogP contribution in [0.2, 0.25) is 0 Å². The molecule has 2 aliphatic carbocycles. The summed E-state index contributed by atoms with van der Waals surface area (Å²) in [4.78, 5) is 12.5. The molecule has 2 atom stereocenters. The lowest BCUT2D eigenvalue weighted by Crippen LogP contribution is -2.14. The van der Waals surface area contributed by atoms with Crippen molar-refractivity contribution in [1.82, 2.24) is 0 Å². The van der Waals surface area contributed by atoms with E-state index in [1.807, 2.05) is 30.3 Å². The Morgan fingerprint density at radius 3 is 2.41 bits per heavy atom. The quantitative estimate of drug-likeness (QED) is 0.697. The van der Waals surface area contributed by atoms with Crippen molar-refractivity contribution in [2.24, 2.45) is 17.3 Å². The van der Waals surface area contributed by atoms with Gasteiger partial charge in [-0.15, -0.1) is 0 Å². The predicted octanol–water partition coefficient (Wildman–Crippen LogP) is 4.09. The summed E-state index contributed by atoms with van der Waals surface area (Å²) in [7, 11) is 0. The number of hydrogen-bond acceptors (Lipinski definition) is 1. The highest BCUT2D eigenvalue weighted by Crippen LogP contribution is 2.66. The molecule has 1 nitrogen and oxygen atoms in total. The van der Waals surface area contributed by atoms with Crippen LogP contribution in [-0.4, -0.2) is 5.78 Å². The maximum Gasteiger partial charge on any atom is 0.166 e. The van der Waals surface area contributed by atoms with Crippen molar-refractivity contribution < 1.29 is 4.79 Å². The van der Waals surface area contributed by atoms with Crippen LogP contribution < -0.4 is 0 Å². The number of benzene rings is 1. The maximum atomic E-state index is 12.5. The molecule has 2 fully saturated rings. The van der Waals surface area contributed by atoms with E-state index in [1.54, 1.807) is 0 Å². The number of rotatable bonds is 2. The van der Waals surface area contributed by atoms with E-state index in [4.69, 9.17) is 0 Å². The van der Waals surface area contributed by atoms with E-state index in [2.05, 4.69) is 6.92 Å². The second kappa shape index (κ2) is 3.97. The van der Waals surface area contributed by atoms with Gasteiger partial charge in [0.05, 0.1) is 0 Å². The molecule has 2 aliphatic rings. The number of hydrogen-bond donors (Lipinski definition) is 0. The average Bonchev–Trinajstić information content (AvgIpc) is 2.94. The molecule has 0 unspecified atom stereocenters. The third kappa shape index (κ3) is 1.64. The summed E-state index contributed by atoms with van der Waals surface area (Å²) in [5, 5.41) is 0. The Balaban J connectivity index is 1.80. The van der Waals surface area contributed by atoms with Crippen molar-refractivity contribution in [3.8, 4) is 0 Å². The Kier molecular flexibility index (Phi) is 2.57. The van der Waals surface area contributed by atoms with Gasteiger partial charge in [0, 0.05) is 11.5 Å². The molecule has 0 aromatic heterocycles. The van der Waals surface area contributed by atoms with Gasteiger partial charge in [-0.3, -0.25) is 4.79 Å². The van der Waals surface area contributed by atoms with Crippen molar-refractivity contribution in [3.05, 3.63) is 35.9 Å². The first-order chi connectivity index (χ1) is 8.26. The summed E-state index contributed by atoms with van der Waals surface area (Å²) in [5.74, 6) is 1.31. The van der Waals surface area contributed by atoms with Crippen LogP contribution in [0.25, 0.3) is 0 Å². The van der Waals surface area contributed by atoms with Crippen molar-refractivity contribution in [3.63, 3.8) is 0 Å². The van der Waals surface area contributed by atoms with Gasteiger partial charge in [0.1, 0.15) is 0 Å². The molecule has 0 saturated heterocycles. The van der Waals surface area contributed by atoms with Gasteiger partial charge >= 0.3 is 0 Å². The third-order valence-corrected chi connectivity index (χ3v) is 5.04. The van der Waals surface area contributed by atoms with E-state index in [0.29, 0.717) is 23.0 Å². The second-order valence-electron chi connectivity index (χ2n) is 5.79. The van der Waals surface area contributed by atoms with Crippen LogP contribution >= 0.6 is 0 Å². The summed E-state index contributed by atoms with van der Waals surface area (Å²) in [5.41, 5.74) is 1.29. The smallest absolute Gasteiger partial charge is 0.166 e. The van der Waals surface area contributed by atoms with Gasteiger partial charge < -0.3 is 0 Å². The molecule has 17 heavy (non-hydrogen) atoms. The Bertz CT molecular complexity index is 414. The highest BCUT2D eigenvalue weighted by atomic mass is 16.1. The lowest BCUT2D eigenvalue weighted by molar-refractivity contribution is 0.0937. The summed E-state index contributed by atoms with van der Waals surface area (Å²) in [6, 6.07) is 9.83. The van der Waals surface area contributed by atoms with Crippen LogP contribution in [0.5, 0.6) is 0 Å². The normalized spacial score (nSPS) is 30.2. The van der Waals surface area contributed by atoms with Crippen molar-refractivity contribution in [1.29, 1.82) is 0 Å². The highest BCUT2D eigenvalue weighted by Gasteiger charge is 2.64. The van der Waals surface area contributed by atoms with Gasteiger partial charge in [0.25, 0.3) is 0 Å². The molecule has 0 amide bonds. The number of carbonyl (C=O) groups excluding carboxylic acids is 1. The Morgan fingerprint density at radius 1 is 1.12 bits per heavy atom. The first-order valence-corrected chi connectivity index (χ1v) is 6.85. The molecule has 2 saturated carbocycles. The van der Waals surface area contributed by atoms with Gasteiger partial charge in [-0.05, 0) is 24.2 Å². The first-order valence-electron chi connectivity index (χ1n) is 6.85. The minimum absolute atomic E-state index is 0.310. The molecule has 0 radical (unpaired) electrons.